The first-order valence-electron chi connectivity index (χ1n) is 8.84. The first-order valence-corrected chi connectivity index (χ1v) is 14.6. The molecule has 0 aromatic heterocycles. The summed E-state index contributed by atoms with van der Waals surface area (Å²) >= 11 is 8.38. The van der Waals surface area contributed by atoms with Crippen molar-refractivity contribution in [3.63, 3.8) is 0 Å². The molecule has 4 aromatic carbocycles. The van der Waals surface area contributed by atoms with Crippen molar-refractivity contribution in [3.05, 3.63) is 94.6 Å². The van der Waals surface area contributed by atoms with Crippen molar-refractivity contribution in [2.24, 2.45) is 0 Å². The summed E-state index contributed by atoms with van der Waals surface area (Å²) in [6.07, 6.45) is 0. The van der Waals surface area contributed by atoms with Crippen molar-refractivity contribution >= 4 is 85.1 Å². The molecule has 0 aliphatic carbocycles. The van der Waals surface area contributed by atoms with Gasteiger partial charge in [0.1, 0.15) is 0 Å². The summed E-state index contributed by atoms with van der Waals surface area (Å²) in [4.78, 5) is 0. The van der Waals surface area contributed by atoms with Crippen molar-refractivity contribution in [1.29, 1.82) is 0 Å². The van der Waals surface area contributed by atoms with E-state index in [4.69, 9.17) is 0 Å². The van der Waals surface area contributed by atoms with Gasteiger partial charge < -0.3 is 13.8 Å². The summed E-state index contributed by atoms with van der Waals surface area (Å²) in [7, 11) is 0. The molecule has 6 heteroatoms. The van der Waals surface area contributed by atoms with Gasteiger partial charge in [0, 0.05) is 0 Å². The number of hydrogen-bond acceptors (Lipinski definition) is 0. The molecular formula is C24H28Br2Cl2SiZr-4. The number of fused-ring (bicyclic) bond motifs is 2. The maximum absolute atomic E-state index is 3.51. The molecule has 0 atom stereocenters. The van der Waals surface area contributed by atoms with Gasteiger partial charge >= 0.3 is 30.2 Å². The first kappa shape index (κ1) is 34.9. The summed E-state index contributed by atoms with van der Waals surface area (Å²) < 4.78 is 2.37. The van der Waals surface area contributed by atoms with Gasteiger partial charge in [-0.05, 0) is 8.95 Å². The molecular weight excluding hydrogens is 638 g/mol. The third-order valence-corrected chi connectivity index (χ3v) is 5.07. The molecule has 0 spiro atoms. The van der Waals surface area contributed by atoms with Gasteiger partial charge in [-0.1, -0.05) is 57.8 Å². The molecule has 0 aliphatic rings. The van der Waals surface area contributed by atoms with Gasteiger partial charge in [-0.25, -0.2) is 0 Å². The number of rotatable bonds is 0. The summed E-state index contributed by atoms with van der Waals surface area (Å²) in [5, 5.41) is 5.25. The number of hydrogen-bond donors (Lipinski definition) is 0. The molecule has 0 amide bonds. The number of benzene rings is 2. The predicted octanol–water partition coefficient (Wildman–Crippen LogP) is 9.40. The zero-order valence-corrected chi connectivity index (χ0v) is 26.0. The van der Waals surface area contributed by atoms with Crippen molar-refractivity contribution in [3.8, 4) is 0 Å². The molecule has 0 nitrogen and oxygen atoms in total. The van der Waals surface area contributed by atoms with Crippen LogP contribution < -0.4 is 0 Å². The molecule has 4 aromatic rings. The topological polar surface area (TPSA) is 0 Å². The normalized spacial score (nSPS) is 8.37. The Morgan fingerprint density at radius 3 is 1.27 bits per heavy atom. The monoisotopic (exact) mass is 662 g/mol. The Labute approximate surface area is 228 Å². The summed E-state index contributed by atoms with van der Waals surface area (Å²) in [5.74, 6) is 0. The van der Waals surface area contributed by atoms with Gasteiger partial charge in [0.15, 0.2) is 0 Å². The fraction of sp³-hybridized carbons (Fsp3) is 0.167. The van der Waals surface area contributed by atoms with Crippen molar-refractivity contribution < 1.29 is 23.3 Å². The van der Waals surface area contributed by atoms with Crippen molar-refractivity contribution in [2.75, 3.05) is 0 Å². The van der Waals surface area contributed by atoms with Crippen LogP contribution in [0.15, 0.2) is 69.6 Å². The van der Waals surface area contributed by atoms with Crippen LogP contribution in [0.3, 0.4) is 0 Å². The SMILES string of the molecule is Cc1cc2c(Br)cccc2[cH-]1.Cc1cc2c(Br)cccc2[cH-]1.Cl.Cl.[CH2-]C.[CH2-]C.[Si]=[Zr]. The van der Waals surface area contributed by atoms with E-state index in [-0.39, 0.29) is 24.8 Å². The minimum atomic E-state index is 0. The third-order valence-electron chi connectivity index (χ3n) is 3.68. The Balaban J connectivity index is -0.000000370. The minimum absolute atomic E-state index is 0. The summed E-state index contributed by atoms with van der Waals surface area (Å²) in [6, 6.07) is 21.3. The molecule has 0 aliphatic heterocycles. The molecule has 0 saturated carbocycles. The van der Waals surface area contributed by atoms with E-state index in [0.717, 1.165) is 0 Å². The zero-order chi connectivity index (χ0) is 21.7. The average Bonchev–Trinajstić information content (AvgIpc) is 3.30. The Hall–Kier alpha value is 0.300. The van der Waals surface area contributed by atoms with Gasteiger partial charge in [0.2, 0.25) is 0 Å². The Bertz CT molecular complexity index is 886. The molecule has 4 rings (SSSR count). The van der Waals surface area contributed by atoms with Crippen LogP contribution in [0.25, 0.3) is 21.5 Å². The van der Waals surface area contributed by atoms with Crippen molar-refractivity contribution in [1.82, 2.24) is 0 Å². The molecule has 164 valence electrons. The van der Waals surface area contributed by atoms with E-state index in [2.05, 4.69) is 127 Å². The molecule has 0 saturated heterocycles. The van der Waals surface area contributed by atoms with Gasteiger partial charge in [-0.2, -0.15) is 26.0 Å². The van der Waals surface area contributed by atoms with Gasteiger partial charge in [-0.15, -0.1) is 93.9 Å². The Morgan fingerprint density at radius 2 is 1.00 bits per heavy atom. The van der Waals surface area contributed by atoms with Crippen LogP contribution in [-0.2, 0) is 23.3 Å². The predicted molar refractivity (Wildman–Crippen MR) is 146 cm³/mol. The quantitative estimate of drug-likeness (QED) is 0.130. The van der Waals surface area contributed by atoms with Gasteiger partial charge in [-0.3, -0.25) is 0 Å². The van der Waals surface area contributed by atoms with E-state index >= 15 is 0 Å². The van der Waals surface area contributed by atoms with Crippen LogP contribution >= 0.6 is 56.7 Å². The van der Waals surface area contributed by atoms with Gasteiger partial charge in [0.05, 0.1) is 0 Å². The van der Waals surface area contributed by atoms with E-state index in [1.807, 2.05) is 0 Å². The standard InChI is InChI=1S/2C10H8Br.2C2H5.2ClH.Si.Zr/c2*1-7-5-8-3-2-4-10(11)9(8)6-7;2*1-2;;;;/h2*2-6H,1H3;2*1H2,2H3;2*1H;;/q4*-1;;;;. The van der Waals surface area contributed by atoms with Crippen LogP contribution in [0, 0.1) is 27.7 Å². The molecule has 0 bridgehead atoms. The van der Waals surface area contributed by atoms with Crippen LogP contribution in [0.4, 0.5) is 0 Å². The van der Waals surface area contributed by atoms with Crippen LogP contribution in [0.5, 0.6) is 0 Å². The zero-order valence-electron chi connectivity index (χ0n) is 17.8. The number of halogens is 4. The Kier molecular flexibility index (Phi) is 23.2. The van der Waals surface area contributed by atoms with Crippen LogP contribution in [-0.4, -0.2) is 6.88 Å². The van der Waals surface area contributed by atoms with E-state index in [1.54, 1.807) is 13.8 Å². The average molecular weight is 667 g/mol. The molecule has 0 N–H and O–H groups in total. The van der Waals surface area contributed by atoms with Crippen LogP contribution in [0.2, 0.25) is 0 Å². The second-order valence-corrected chi connectivity index (χ2v) is 7.26. The molecule has 0 heterocycles. The summed E-state index contributed by atoms with van der Waals surface area (Å²) in [6.45, 7) is 17.3. The molecule has 0 unspecified atom stereocenters. The van der Waals surface area contributed by atoms with E-state index < -0.39 is 0 Å². The fourth-order valence-corrected chi connectivity index (χ4v) is 3.68. The first-order chi connectivity index (χ1) is 13.5. The van der Waals surface area contributed by atoms with Crippen LogP contribution in [0.1, 0.15) is 25.0 Å². The second kappa shape index (κ2) is 19.9. The number of aryl methyl sites for hydroxylation is 2. The third kappa shape index (κ3) is 10.7. The fourth-order valence-electron chi connectivity index (χ4n) is 2.69. The van der Waals surface area contributed by atoms with E-state index in [1.165, 1.54) is 65.0 Å². The Morgan fingerprint density at radius 1 is 0.700 bits per heavy atom. The molecule has 30 heavy (non-hydrogen) atoms. The maximum atomic E-state index is 3.51. The second-order valence-electron chi connectivity index (χ2n) is 5.55. The van der Waals surface area contributed by atoms with E-state index in [0.29, 0.717) is 0 Å². The van der Waals surface area contributed by atoms with E-state index in [9.17, 15) is 0 Å². The van der Waals surface area contributed by atoms with Gasteiger partial charge in [0.25, 0.3) is 0 Å². The molecule has 2 radical (unpaired) electrons. The van der Waals surface area contributed by atoms with Crippen molar-refractivity contribution in [2.45, 2.75) is 27.7 Å². The summed E-state index contributed by atoms with van der Waals surface area (Å²) in [5.41, 5.74) is 2.65. The molecule has 0 fully saturated rings.